The maximum atomic E-state index is 12.8. The Morgan fingerprint density at radius 3 is 2.26 bits per heavy atom. The van der Waals surface area contributed by atoms with Crippen LogP contribution in [0, 0.1) is 0 Å². The monoisotopic (exact) mass is 431 g/mol. The zero-order chi connectivity index (χ0) is 21.4. The minimum atomic E-state index is 0.0617. The van der Waals surface area contributed by atoms with Crippen molar-refractivity contribution in [3.8, 4) is 22.4 Å². The Bertz CT molecular complexity index is 1230. The molecular formula is C24H22ClN5O. The number of halogens is 1. The van der Waals surface area contributed by atoms with E-state index >= 15 is 0 Å². The van der Waals surface area contributed by atoms with Gasteiger partial charge in [0.05, 0.1) is 11.9 Å². The molecule has 3 heterocycles. The maximum absolute atomic E-state index is 12.8. The van der Waals surface area contributed by atoms with Crippen molar-refractivity contribution >= 4 is 23.3 Å². The van der Waals surface area contributed by atoms with Crippen LogP contribution in [-0.2, 0) is 0 Å². The second kappa shape index (κ2) is 8.13. The molecule has 4 aromatic rings. The molecule has 31 heavy (non-hydrogen) atoms. The van der Waals surface area contributed by atoms with E-state index in [9.17, 15) is 4.79 Å². The number of likely N-dealkylation sites (tertiary alicyclic amines) is 1. The van der Waals surface area contributed by atoms with Gasteiger partial charge in [-0.1, -0.05) is 35.9 Å². The van der Waals surface area contributed by atoms with Crippen LogP contribution in [0.15, 0.2) is 67.1 Å². The topological polar surface area (TPSA) is 76.5 Å². The third-order valence-corrected chi connectivity index (χ3v) is 6.05. The van der Waals surface area contributed by atoms with Gasteiger partial charge in [-0.05, 0) is 42.7 Å². The Labute approximate surface area is 185 Å². The van der Waals surface area contributed by atoms with Gasteiger partial charge in [0, 0.05) is 53.2 Å². The average Bonchev–Trinajstić information content (AvgIpc) is 3.23. The number of fused-ring (bicyclic) bond motifs is 1. The molecule has 156 valence electrons. The highest BCUT2D eigenvalue weighted by Crippen LogP contribution is 2.25. The van der Waals surface area contributed by atoms with Crippen molar-refractivity contribution in [2.75, 3.05) is 13.1 Å². The van der Waals surface area contributed by atoms with Crippen LogP contribution < -0.4 is 5.73 Å². The van der Waals surface area contributed by atoms with Crippen molar-refractivity contribution in [2.45, 2.75) is 18.9 Å². The molecule has 0 atom stereocenters. The first-order valence-corrected chi connectivity index (χ1v) is 10.7. The molecule has 1 saturated heterocycles. The largest absolute Gasteiger partial charge is 0.339 e. The zero-order valence-electron chi connectivity index (χ0n) is 16.9. The number of carbonyl (C=O) groups is 1. The number of carbonyl (C=O) groups excluding carboxylic acids is 1. The molecule has 6 nitrogen and oxygen atoms in total. The summed E-state index contributed by atoms with van der Waals surface area (Å²) in [4.78, 5) is 23.6. The molecule has 2 N–H and O–H groups in total. The summed E-state index contributed by atoms with van der Waals surface area (Å²) in [5, 5.41) is 0.693. The summed E-state index contributed by atoms with van der Waals surface area (Å²) in [5.74, 6) is 0.690. The quantitative estimate of drug-likeness (QED) is 0.525. The number of amides is 1. The van der Waals surface area contributed by atoms with E-state index in [0.717, 1.165) is 48.3 Å². The number of hydrogen-bond acceptors (Lipinski definition) is 4. The Balaban J connectivity index is 1.42. The van der Waals surface area contributed by atoms with Gasteiger partial charge in [0.2, 0.25) is 5.78 Å². The van der Waals surface area contributed by atoms with Gasteiger partial charge in [0.1, 0.15) is 0 Å². The molecule has 1 fully saturated rings. The molecule has 0 saturated carbocycles. The number of nitrogens with zero attached hydrogens (tertiary/aromatic N) is 4. The summed E-state index contributed by atoms with van der Waals surface area (Å²) in [7, 11) is 0. The van der Waals surface area contributed by atoms with E-state index in [2.05, 4.69) is 9.97 Å². The Kier molecular flexibility index (Phi) is 5.18. The lowest BCUT2D eigenvalue weighted by atomic mass is 10.0. The van der Waals surface area contributed by atoms with Crippen molar-refractivity contribution in [2.24, 2.45) is 5.73 Å². The predicted octanol–water partition coefficient (Wildman–Crippen LogP) is 4.28. The molecule has 2 aromatic heterocycles. The fraction of sp³-hybridized carbons (Fsp3) is 0.208. The van der Waals surface area contributed by atoms with Crippen molar-refractivity contribution in [3.05, 3.63) is 77.7 Å². The van der Waals surface area contributed by atoms with Crippen LogP contribution in [0.25, 0.3) is 28.2 Å². The summed E-state index contributed by atoms with van der Waals surface area (Å²) >= 11 is 6.02. The lowest BCUT2D eigenvalue weighted by Crippen LogP contribution is -2.42. The summed E-state index contributed by atoms with van der Waals surface area (Å²) in [6, 6.07) is 15.5. The van der Waals surface area contributed by atoms with Crippen LogP contribution in [0.5, 0.6) is 0 Å². The number of piperidine rings is 1. The minimum absolute atomic E-state index is 0.0617. The van der Waals surface area contributed by atoms with Gasteiger partial charge in [-0.3, -0.25) is 9.20 Å². The number of aromatic nitrogens is 3. The standard InChI is InChI=1S/C24H22ClN5O/c25-20-7-5-17(6-8-20)22-14-28-24-27-13-19(15-30(22)24)16-1-3-18(4-2-16)23(31)29-11-9-21(26)10-12-29/h1-8,13-15,21H,9-12,26H2. The summed E-state index contributed by atoms with van der Waals surface area (Å²) < 4.78 is 1.97. The maximum Gasteiger partial charge on any atom is 0.253 e. The molecule has 0 radical (unpaired) electrons. The number of benzene rings is 2. The highest BCUT2D eigenvalue weighted by molar-refractivity contribution is 6.30. The first-order valence-electron chi connectivity index (χ1n) is 10.3. The molecule has 0 aliphatic carbocycles. The molecule has 1 aliphatic heterocycles. The van der Waals surface area contributed by atoms with Gasteiger partial charge < -0.3 is 10.6 Å². The van der Waals surface area contributed by atoms with Crippen LogP contribution in [0.4, 0.5) is 0 Å². The molecule has 7 heteroatoms. The number of rotatable bonds is 3. The number of nitrogens with two attached hydrogens (primary N) is 1. The number of imidazole rings is 1. The second-order valence-electron chi connectivity index (χ2n) is 7.87. The zero-order valence-corrected chi connectivity index (χ0v) is 17.7. The molecule has 1 aliphatic rings. The Morgan fingerprint density at radius 2 is 1.55 bits per heavy atom. The van der Waals surface area contributed by atoms with E-state index in [1.807, 2.05) is 70.2 Å². The molecule has 1 amide bonds. The fourth-order valence-corrected chi connectivity index (χ4v) is 4.07. The van der Waals surface area contributed by atoms with Crippen molar-refractivity contribution in [1.29, 1.82) is 0 Å². The van der Waals surface area contributed by atoms with E-state index in [-0.39, 0.29) is 11.9 Å². The third-order valence-electron chi connectivity index (χ3n) is 5.80. The molecule has 5 rings (SSSR count). The van der Waals surface area contributed by atoms with Crippen LogP contribution in [0.3, 0.4) is 0 Å². The van der Waals surface area contributed by atoms with Gasteiger partial charge in [-0.2, -0.15) is 0 Å². The Morgan fingerprint density at radius 1 is 0.903 bits per heavy atom. The van der Waals surface area contributed by atoms with Gasteiger partial charge in [-0.25, -0.2) is 9.97 Å². The van der Waals surface area contributed by atoms with Gasteiger partial charge >= 0.3 is 0 Å². The van der Waals surface area contributed by atoms with E-state index in [1.54, 1.807) is 6.20 Å². The summed E-state index contributed by atoms with van der Waals surface area (Å²) in [5.41, 5.74) is 10.5. The number of hydrogen-bond donors (Lipinski definition) is 1. The van der Waals surface area contributed by atoms with Crippen LogP contribution >= 0.6 is 11.6 Å². The average molecular weight is 432 g/mol. The highest BCUT2D eigenvalue weighted by atomic mass is 35.5. The molecular weight excluding hydrogens is 410 g/mol. The lowest BCUT2D eigenvalue weighted by Gasteiger charge is -2.30. The molecule has 0 bridgehead atoms. The summed E-state index contributed by atoms with van der Waals surface area (Å²) in [6.45, 7) is 1.44. The van der Waals surface area contributed by atoms with Gasteiger partial charge in [-0.15, -0.1) is 0 Å². The SMILES string of the molecule is NC1CCN(C(=O)c2ccc(-c3cnc4ncc(-c5ccc(Cl)cc5)n4c3)cc2)CC1. The predicted molar refractivity (Wildman–Crippen MR) is 122 cm³/mol. The smallest absolute Gasteiger partial charge is 0.253 e. The fourth-order valence-electron chi connectivity index (χ4n) is 3.95. The molecule has 0 spiro atoms. The second-order valence-corrected chi connectivity index (χ2v) is 8.31. The van der Waals surface area contributed by atoms with Crippen LogP contribution in [-0.4, -0.2) is 44.3 Å². The van der Waals surface area contributed by atoms with Crippen molar-refractivity contribution < 1.29 is 4.79 Å². The van der Waals surface area contributed by atoms with E-state index in [4.69, 9.17) is 17.3 Å². The van der Waals surface area contributed by atoms with Crippen LogP contribution in [0.2, 0.25) is 5.02 Å². The summed E-state index contributed by atoms with van der Waals surface area (Å²) in [6.07, 6.45) is 7.34. The first kappa shape index (κ1) is 19.7. The highest BCUT2D eigenvalue weighted by Gasteiger charge is 2.21. The van der Waals surface area contributed by atoms with Crippen molar-refractivity contribution in [1.82, 2.24) is 19.3 Å². The van der Waals surface area contributed by atoms with Gasteiger partial charge in [0.15, 0.2) is 0 Å². The van der Waals surface area contributed by atoms with E-state index in [1.165, 1.54) is 0 Å². The normalized spacial score (nSPS) is 14.8. The third kappa shape index (κ3) is 3.92. The Hall–Kier alpha value is -3.22. The van der Waals surface area contributed by atoms with Crippen molar-refractivity contribution in [3.63, 3.8) is 0 Å². The molecule has 2 aromatic carbocycles. The van der Waals surface area contributed by atoms with E-state index < -0.39 is 0 Å². The van der Waals surface area contributed by atoms with E-state index in [0.29, 0.717) is 16.4 Å². The first-order chi connectivity index (χ1) is 15.1. The van der Waals surface area contributed by atoms with Gasteiger partial charge in [0.25, 0.3) is 5.91 Å². The van der Waals surface area contributed by atoms with Crippen LogP contribution in [0.1, 0.15) is 23.2 Å². The lowest BCUT2D eigenvalue weighted by molar-refractivity contribution is 0.0715. The molecule has 0 unspecified atom stereocenters. The minimum Gasteiger partial charge on any atom is -0.339 e.